The first-order chi connectivity index (χ1) is 14.0. The third kappa shape index (κ3) is 3.88. The molecule has 1 aromatic carbocycles. The van der Waals surface area contributed by atoms with Gasteiger partial charge in [0.2, 0.25) is 0 Å². The number of benzene rings is 1. The zero-order chi connectivity index (χ0) is 20.4. The van der Waals surface area contributed by atoms with E-state index in [1.54, 1.807) is 30.5 Å². The molecule has 1 saturated heterocycles. The molecule has 0 saturated carbocycles. The number of piperidine rings is 1. The van der Waals surface area contributed by atoms with Crippen LogP contribution in [0.3, 0.4) is 0 Å². The zero-order valence-electron chi connectivity index (χ0n) is 16.3. The SMILES string of the molecule is CC(Cn1nc(-c2cccc([N+](=O)[O-])c2)c2ncccc2c1=O)N1CCCCC1. The van der Waals surface area contributed by atoms with Crippen molar-refractivity contribution in [3.63, 3.8) is 0 Å². The van der Waals surface area contributed by atoms with Gasteiger partial charge < -0.3 is 0 Å². The van der Waals surface area contributed by atoms with E-state index in [0.29, 0.717) is 28.7 Å². The molecule has 0 spiro atoms. The first kappa shape index (κ1) is 19.2. The summed E-state index contributed by atoms with van der Waals surface area (Å²) in [5.74, 6) is 0. The van der Waals surface area contributed by atoms with Gasteiger partial charge in [-0.25, -0.2) is 4.68 Å². The summed E-state index contributed by atoms with van der Waals surface area (Å²) < 4.78 is 1.48. The van der Waals surface area contributed by atoms with Crippen LogP contribution in [0.5, 0.6) is 0 Å². The molecule has 1 aliphatic heterocycles. The second kappa shape index (κ2) is 8.08. The van der Waals surface area contributed by atoms with Gasteiger partial charge in [-0.3, -0.25) is 24.8 Å². The number of hydrogen-bond donors (Lipinski definition) is 0. The molecule has 3 aromatic rings. The van der Waals surface area contributed by atoms with Crippen molar-refractivity contribution in [2.24, 2.45) is 0 Å². The van der Waals surface area contributed by atoms with Gasteiger partial charge in [-0.15, -0.1) is 0 Å². The van der Waals surface area contributed by atoms with Crippen LogP contribution in [0.15, 0.2) is 47.4 Å². The van der Waals surface area contributed by atoms with E-state index in [0.717, 1.165) is 13.1 Å². The van der Waals surface area contributed by atoms with E-state index >= 15 is 0 Å². The minimum Gasteiger partial charge on any atom is -0.299 e. The van der Waals surface area contributed by atoms with E-state index < -0.39 is 4.92 Å². The molecule has 0 amide bonds. The summed E-state index contributed by atoms with van der Waals surface area (Å²) in [5, 5.41) is 16.3. The van der Waals surface area contributed by atoms with Gasteiger partial charge in [0.15, 0.2) is 0 Å². The fourth-order valence-corrected chi connectivity index (χ4v) is 3.93. The number of fused-ring (bicyclic) bond motifs is 1. The highest BCUT2D eigenvalue weighted by atomic mass is 16.6. The van der Waals surface area contributed by atoms with Crippen LogP contribution in [0, 0.1) is 10.1 Å². The summed E-state index contributed by atoms with van der Waals surface area (Å²) in [7, 11) is 0. The largest absolute Gasteiger partial charge is 0.299 e. The molecule has 8 nitrogen and oxygen atoms in total. The molecule has 0 radical (unpaired) electrons. The number of nitro benzene ring substituents is 1. The van der Waals surface area contributed by atoms with E-state index in [2.05, 4.69) is 21.9 Å². The highest BCUT2D eigenvalue weighted by Gasteiger charge is 2.20. The van der Waals surface area contributed by atoms with Gasteiger partial charge in [-0.1, -0.05) is 18.6 Å². The average molecular weight is 393 g/mol. The first-order valence-electron chi connectivity index (χ1n) is 9.89. The fraction of sp³-hybridized carbons (Fsp3) is 0.381. The van der Waals surface area contributed by atoms with Crippen molar-refractivity contribution in [3.8, 4) is 11.3 Å². The van der Waals surface area contributed by atoms with E-state index in [9.17, 15) is 14.9 Å². The number of nitro groups is 1. The lowest BCUT2D eigenvalue weighted by molar-refractivity contribution is -0.384. The molecule has 1 unspecified atom stereocenters. The molecule has 0 aliphatic carbocycles. The van der Waals surface area contributed by atoms with E-state index in [1.807, 2.05) is 0 Å². The highest BCUT2D eigenvalue weighted by molar-refractivity contribution is 5.90. The Morgan fingerprint density at radius 1 is 1.17 bits per heavy atom. The summed E-state index contributed by atoms with van der Waals surface area (Å²) in [6, 6.07) is 9.91. The Balaban J connectivity index is 1.80. The molecule has 8 heteroatoms. The van der Waals surface area contributed by atoms with Gasteiger partial charge in [-0.2, -0.15) is 5.10 Å². The highest BCUT2D eigenvalue weighted by Crippen LogP contribution is 2.26. The smallest absolute Gasteiger partial charge is 0.276 e. The second-order valence-electron chi connectivity index (χ2n) is 7.49. The van der Waals surface area contributed by atoms with Crippen LogP contribution in [0.25, 0.3) is 22.2 Å². The predicted molar refractivity (Wildman–Crippen MR) is 111 cm³/mol. The molecule has 150 valence electrons. The van der Waals surface area contributed by atoms with Crippen LogP contribution in [0.4, 0.5) is 5.69 Å². The lowest BCUT2D eigenvalue weighted by Gasteiger charge is -2.32. The van der Waals surface area contributed by atoms with Gasteiger partial charge in [0.25, 0.3) is 11.2 Å². The molecule has 1 fully saturated rings. The van der Waals surface area contributed by atoms with Gasteiger partial charge in [0.05, 0.1) is 16.9 Å². The Labute approximate surface area is 167 Å². The van der Waals surface area contributed by atoms with Crippen molar-refractivity contribution in [1.29, 1.82) is 0 Å². The minimum atomic E-state index is -0.437. The van der Waals surface area contributed by atoms with Gasteiger partial charge in [-0.05, 0) is 45.0 Å². The lowest BCUT2D eigenvalue weighted by Crippen LogP contribution is -2.42. The maximum atomic E-state index is 13.0. The third-order valence-corrected chi connectivity index (χ3v) is 5.50. The monoisotopic (exact) mass is 393 g/mol. The third-order valence-electron chi connectivity index (χ3n) is 5.50. The normalized spacial score (nSPS) is 16.0. The number of hydrogen-bond acceptors (Lipinski definition) is 6. The Hall–Kier alpha value is -3.13. The summed E-state index contributed by atoms with van der Waals surface area (Å²) in [6.45, 7) is 4.64. The molecule has 1 atom stereocenters. The Bertz CT molecular complexity index is 1100. The Morgan fingerprint density at radius 3 is 2.72 bits per heavy atom. The van der Waals surface area contributed by atoms with Crippen LogP contribution in [0.1, 0.15) is 26.2 Å². The van der Waals surface area contributed by atoms with Gasteiger partial charge in [0, 0.05) is 29.9 Å². The summed E-state index contributed by atoms with van der Waals surface area (Å²) in [4.78, 5) is 30.5. The van der Waals surface area contributed by atoms with Crippen molar-refractivity contribution in [2.75, 3.05) is 13.1 Å². The number of non-ortho nitro benzene ring substituents is 1. The Morgan fingerprint density at radius 2 is 1.97 bits per heavy atom. The molecule has 3 heterocycles. The van der Waals surface area contributed by atoms with Crippen molar-refractivity contribution < 1.29 is 4.92 Å². The molecule has 0 N–H and O–H groups in total. The maximum absolute atomic E-state index is 13.0. The number of pyridine rings is 1. The van der Waals surface area contributed by atoms with Crippen LogP contribution < -0.4 is 5.56 Å². The quantitative estimate of drug-likeness (QED) is 0.488. The van der Waals surface area contributed by atoms with E-state index in [4.69, 9.17) is 0 Å². The maximum Gasteiger partial charge on any atom is 0.276 e. The van der Waals surface area contributed by atoms with Crippen LogP contribution >= 0.6 is 0 Å². The molecule has 0 bridgehead atoms. The van der Waals surface area contributed by atoms with Crippen molar-refractivity contribution in [3.05, 3.63) is 63.1 Å². The van der Waals surface area contributed by atoms with E-state index in [-0.39, 0.29) is 17.3 Å². The molecule has 4 rings (SSSR count). The summed E-state index contributed by atoms with van der Waals surface area (Å²) in [5.41, 5.74) is 1.30. The molecule has 29 heavy (non-hydrogen) atoms. The zero-order valence-corrected chi connectivity index (χ0v) is 16.3. The van der Waals surface area contributed by atoms with Gasteiger partial charge >= 0.3 is 0 Å². The van der Waals surface area contributed by atoms with Crippen LogP contribution in [-0.4, -0.2) is 43.7 Å². The number of likely N-dealkylation sites (tertiary alicyclic amines) is 1. The predicted octanol–water partition coefficient (Wildman–Crippen LogP) is 3.24. The number of nitrogens with zero attached hydrogens (tertiary/aromatic N) is 5. The van der Waals surface area contributed by atoms with E-state index in [1.165, 1.54) is 36.1 Å². The Kier molecular flexibility index (Phi) is 5.35. The lowest BCUT2D eigenvalue weighted by atomic mass is 10.1. The van der Waals surface area contributed by atoms with Crippen molar-refractivity contribution in [2.45, 2.75) is 38.8 Å². The van der Waals surface area contributed by atoms with Crippen LogP contribution in [0.2, 0.25) is 0 Å². The molecule has 1 aliphatic rings. The number of aromatic nitrogens is 3. The fourth-order valence-electron chi connectivity index (χ4n) is 3.93. The second-order valence-corrected chi connectivity index (χ2v) is 7.49. The summed E-state index contributed by atoms with van der Waals surface area (Å²) in [6.07, 6.45) is 5.20. The van der Waals surface area contributed by atoms with Crippen molar-refractivity contribution >= 4 is 16.6 Å². The molecule has 2 aromatic heterocycles. The van der Waals surface area contributed by atoms with Crippen molar-refractivity contribution in [1.82, 2.24) is 19.7 Å². The van der Waals surface area contributed by atoms with Crippen LogP contribution in [-0.2, 0) is 6.54 Å². The van der Waals surface area contributed by atoms with Gasteiger partial charge in [0.1, 0.15) is 11.2 Å². The molecular formula is C21H23N5O3. The summed E-state index contributed by atoms with van der Waals surface area (Å²) >= 11 is 0. The minimum absolute atomic E-state index is 0.0205. The average Bonchev–Trinajstić information content (AvgIpc) is 2.76. The molecular weight excluding hydrogens is 370 g/mol. The topological polar surface area (TPSA) is 94.2 Å². The number of rotatable bonds is 5. The first-order valence-corrected chi connectivity index (χ1v) is 9.89. The standard InChI is InChI=1S/C21H23N5O3/c1-15(24-11-3-2-4-12-24)14-25-21(27)18-9-6-10-22-20(18)19(23-25)16-7-5-8-17(13-16)26(28)29/h5-10,13,15H,2-4,11-12,14H2,1H3.